The second kappa shape index (κ2) is 5.02. The smallest absolute Gasteiger partial charge is 0.0805 e. The molecule has 0 bridgehead atoms. The molecule has 3 aliphatic rings. The van der Waals surface area contributed by atoms with E-state index in [1.54, 1.807) is 0 Å². The van der Waals surface area contributed by atoms with Gasteiger partial charge in [0.15, 0.2) is 0 Å². The van der Waals surface area contributed by atoms with Crippen LogP contribution in [0.3, 0.4) is 0 Å². The van der Waals surface area contributed by atoms with Gasteiger partial charge in [0.25, 0.3) is 0 Å². The third kappa shape index (κ3) is 1.95. The Hall–Kier alpha value is -1.67. The summed E-state index contributed by atoms with van der Waals surface area (Å²) >= 11 is 0. The Bertz CT molecular complexity index is 572. The van der Waals surface area contributed by atoms with E-state index in [0.717, 1.165) is 13.0 Å². The van der Waals surface area contributed by atoms with Gasteiger partial charge in [-0.15, -0.1) is 0 Å². The van der Waals surface area contributed by atoms with Gasteiger partial charge < -0.3 is 4.74 Å². The second-order valence-electron chi connectivity index (χ2n) is 5.82. The van der Waals surface area contributed by atoms with Gasteiger partial charge in [0, 0.05) is 24.2 Å². The molecule has 0 spiro atoms. The van der Waals surface area contributed by atoms with Crippen LogP contribution in [0.15, 0.2) is 59.6 Å². The molecule has 2 unspecified atom stereocenters. The predicted molar refractivity (Wildman–Crippen MR) is 80.9 cm³/mol. The Labute approximate surface area is 119 Å². The van der Waals surface area contributed by atoms with E-state index in [4.69, 9.17) is 9.73 Å². The number of nitrogens with zero attached hydrogens (tertiary/aromatic N) is 1. The van der Waals surface area contributed by atoms with Gasteiger partial charge in [-0.1, -0.05) is 48.6 Å². The lowest BCUT2D eigenvalue weighted by molar-refractivity contribution is -0.0496. The number of allylic oxidation sites excluding steroid dienone is 3. The summed E-state index contributed by atoms with van der Waals surface area (Å²) in [6.07, 6.45) is 11.3. The summed E-state index contributed by atoms with van der Waals surface area (Å²) in [6, 6.07) is 10.9. The molecule has 0 aromatic heterocycles. The fourth-order valence-electron chi connectivity index (χ4n) is 3.72. The number of benzene rings is 1. The molecule has 1 aliphatic carbocycles. The van der Waals surface area contributed by atoms with E-state index >= 15 is 0 Å². The van der Waals surface area contributed by atoms with Gasteiger partial charge in [-0.2, -0.15) is 0 Å². The van der Waals surface area contributed by atoms with Crippen LogP contribution in [0.4, 0.5) is 0 Å². The monoisotopic (exact) mass is 265 g/mol. The summed E-state index contributed by atoms with van der Waals surface area (Å²) in [4.78, 5) is 5.06. The van der Waals surface area contributed by atoms with Crippen molar-refractivity contribution in [2.75, 3.05) is 6.61 Å². The molecule has 2 heteroatoms. The van der Waals surface area contributed by atoms with Crippen molar-refractivity contribution in [1.82, 2.24) is 0 Å². The third-order valence-corrected chi connectivity index (χ3v) is 4.64. The molecule has 20 heavy (non-hydrogen) atoms. The summed E-state index contributed by atoms with van der Waals surface area (Å²) in [5.74, 6) is 0.862. The number of rotatable bonds is 1. The first-order valence-corrected chi connectivity index (χ1v) is 7.52. The van der Waals surface area contributed by atoms with Crippen molar-refractivity contribution in [3.63, 3.8) is 0 Å². The van der Waals surface area contributed by atoms with E-state index in [0.29, 0.717) is 17.9 Å². The maximum absolute atomic E-state index is 6.14. The highest BCUT2D eigenvalue weighted by molar-refractivity contribution is 6.00. The maximum Gasteiger partial charge on any atom is 0.0805 e. The van der Waals surface area contributed by atoms with Crippen LogP contribution in [-0.4, -0.2) is 18.4 Å². The van der Waals surface area contributed by atoms with E-state index in [9.17, 15) is 0 Å². The lowest BCUT2D eigenvalue weighted by Gasteiger charge is -2.43. The minimum absolute atomic E-state index is 0.254. The average molecular weight is 265 g/mol. The standard InChI is InChI=1S/C18H19NO/c1-2-7-13(8-3-1)17-15-10-6-12-20-18(15)14-9-4-5-11-16(14)19-17/h1-5,7-9,11,14-15,17-18H,6,10,12H2/t14?,15-,17?,18+/m0/s1. The van der Waals surface area contributed by atoms with Gasteiger partial charge in [0.2, 0.25) is 0 Å². The summed E-state index contributed by atoms with van der Waals surface area (Å²) < 4.78 is 6.14. The highest BCUT2D eigenvalue weighted by atomic mass is 16.5. The van der Waals surface area contributed by atoms with Gasteiger partial charge in [-0.25, -0.2) is 0 Å². The van der Waals surface area contributed by atoms with Gasteiger partial charge in [0.1, 0.15) is 0 Å². The Kier molecular flexibility index (Phi) is 3.04. The van der Waals surface area contributed by atoms with Crippen molar-refractivity contribution in [3.05, 3.63) is 60.2 Å². The van der Waals surface area contributed by atoms with Crippen molar-refractivity contribution < 1.29 is 4.74 Å². The van der Waals surface area contributed by atoms with Crippen molar-refractivity contribution in [2.24, 2.45) is 16.8 Å². The summed E-state index contributed by atoms with van der Waals surface area (Å²) in [5, 5.41) is 0. The first-order valence-electron chi connectivity index (χ1n) is 7.52. The molecule has 2 heterocycles. The van der Waals surface area contributed by atoms with Crippen molar-refractivity contribution in [1.29, 1.82) is 0 Å². The Morgan fingerprint density at radius 3 is 2.90 bits per heavy atom. The summed E-state index contributed by atoms with van der Waals surface area (Å²) in [7, 11) is 0. The van der Waals surface area contributed by atoms with E-state index in [2.05, 4.69) is 54.6 Å². The minimum atomic E-state index is 0.254. The topological polar surface area (TPSA) is 21.6 Å². The largest absolute Gasteiger partial charge is 0.377 e. The molecule has 0 amide bonds. The van der Waals surface area contributed by atoms with Crippen LogP contribution < -0.4 is 0 Å². The number of hydrogen-bond donors (Lipinski definition) is 0. The molecule has 0 saturated carbocycles. The Morgan fingerprint density at radius 2 is 2.00 bits per heavy atom. The van der Waals surface area contributed by atoms with Crippen molar-refractivity contribution in [2.45, 2.75) is 25.0 Å². The molecule has 1 fully saturated rings. The van der Waals surface area contributed by atoms with Crippen LogP contribution in [0.1, 0.15) is 24.4 Å². The summed E-state index contributed by atoms with van der Waals surface area (Å²) in [6.45, 7) is 0.893. The van der Waals surface area contributed by atoms with E-state index in [1.165, 1.54) is 17.7 Å². The van der Waals surface area contributed by atoms with Crippen LogP contribution in [0.25, 0.3) is 0 Å². The molecule has 0 radical (unpaired) electrons. The van der Waals surface area contributed by atoms with E-state index in [-0.39, 0.29) is 6.04 Å². The average Bonchev–Trinajstić information content (AvgIpc) is 2.55. The molecule has 1 saturated heterocycles. The zero-order chi connectivity index (χ0) is 13.4. The van der Waals surface area contributed by atoms with Crippen LogP contribution in [-0.2, 0) is 4.74 Å². The molecule has 2 aliphatic heterocycles. The quantitative estimate of drug-likeness (QED) is 0.758. The van der Waals surface area contributed by atoms with Gasteiger partial charge in [0.05, 0.1) is 12.1 Å². The van der Waals surface area contributed by atoms with Gasteiger partial charge >= 0.3 is 0 Å². The molecule has 1 aromatic rings. The van der Waals surface area contributed by atoms with E-state index in [1.807, 2.05) is 0 Å². The first kappa shape index (κ1) is 12.1. The van der Waals surface area contributed by atoms with Crippen LogP contribution in [0.2, 0.25) is 0 Å². The van der Waals surface area contributed by atoms with Gasteiger partial charge in [-0.3, -0.25) is 4.99 Å². The molecule has 102 valence electrons. The van der Waals surface area contributed by atoms with Crippen molar-refractivity contribution in [3.8, 4) is 0 Å². The normalized spacial score (nSPS) is 35.1. The molecule has 1 aromatic carbocycles. The number of aliphatic imine (C=N–C) groups is 1. The molecule has 0 N–H and O–H groups in total. The van der Waals surface area contributed by atoms with Crippen LogP contribution in [0.5, 0.6) is 0 Å². The molecule has 2 nitrogen and oxygen atoms in total. The maximum atomic E-state index is 6.14. The van der Waals surface area contributed by atoms with E-state index < -0.39 is 0 Å². The predicted octanol–water partition coefficient (Wildman–Crippen LogP) is 3.72. The number of ether oxygens (including phenoxy) is 1. The lowest BCUT2D eigenvalue weighted by atomic mass is 9.73. The second-order valence-corrected chi connectivity index (χ2v) is 5.82. The third-order valence-electron chi connectivity index (χ3n) is 4.64. The zero-order valence-corrected chi connectivity index (χ0v) is 11.5. The number of fused-ring (bicyclic) bond motifs is 3. The number of hydrogen-bond acceptors (Lipinski definition) is 2. The fourth-order valence-corrected chi connectivity index (χ4v) is 3.72. The lowest BCUT2D eigenvalue weighted by Crippen LogP contribution is -2.45. The Morgan fingerprint density at radius 1 is 1.10 bits per heavy atom. The molecule has 4 atom stereocenters. The molecular weight excluding hydrogens is 246 g/mol. The van der Waals surface area contributed by atoms with Crippen molar-refractivity contribution >= 4 is 5.71 Å². The fraction of sp³-hybridized carbons (Fsp3) is 0.389. The summed E-state index contributed by atoms with van der Waals surface area (Å²) in [5.41, 5.74) is 2.51. The van der Waals surface area contributed by atoms with Crippen LogP contribution >= 0.6 is 0 Å². The minimum Gasteiger partial charge on any atom is -0.377 e. The first-order chi connectivity index (χ1) is 9.93. The highest BCUT2D eigenvalue weighted by Crippen LogP contribution is 2.43. The Balaban J connectivity index is 1.78. The highest BCUT2D eigenvalue weighted by Gasteiger charge is 2.42. The molecule has 4 rings (SSSR count). The SMILES string of the molecule is C1=CC2=NC(c3ccccc3)[C@@H]3CCCO[C@@H]3C2C=C1. The van der Waals surface area contributed by atoms with Crippen LogP contribution in [0, 0.1) is 11.8 Å². The van der Waals surface area contributed by atoms with Gasteiger partial charge in [-0.05, 0) is 24.5 Å². The molecular formula is C18H19NO. The zero-order valence-electron chi connectivity index (χ0n) is 11.5.